The molecule has 2 rings (SSSR count). The third-order valence-electron chi connectivity index (χ3n) is 2.72. The van der Waals surface area contributed by atoms with Gasteiger partial charge in [0.05, 0.1) is 0 Å². The molecule has 0 bridgehead atoms. The fraction of sp³-hybridized carbons (Fsp3) is 0.133. The quantitative estimate of drug-likeness (QED) is 0.820. The minimum Gasteiger partial charge on any atom is -0.381 e. The summed E-state index contributed by atoms with van der Waals surface area (Å²) >= 11 is 11.9. The monoisotopic (exact) mass is 293 g/mol. The third kappa shape index (κ3) is 3.98. The number of ketones is 1. The molecule has 2 nitrogen and oxygen atoms in total. The first kappa shape index (κ1) is 13.9. The maximum absolute atomic E-state index is 11.2. The van der Waals surface area contributed by atoms with Gasteiger partial charge in [-0.15, -0.1) is 0 Å². The molecule has 19 heavy (non-hydrogen) atoms. The Morgan fingerprint density at radius 2 is 1.63 bits per heavy atom. The van der Waals surface area contributed by atoms with Crippen LogP contribution in [0.25, 0.3) is 0 Å². The number of benzene rings is 2. The van der Waals surface area contributed by atoms with Crippen LogP contribution in [0.1, 0.15) is 22.8 Å². The zero-order valence-corrected chi connectivity index (χ0v) is 11.9. The summed E-state index contributed by atoms with van der Waals surface area (Å²) in [5.74, 6) is 0.0705. The molecular weight excluding hydrogens is 281 g/mol. The maximum atomic E-state index is 11.2. The summed E-state index contributed by atoms with van der Waals surface area (Å²) in [4.78, 5) is 11.2. The van der Waals surface area contributed by atoms with Gasteiger partial charge in [0.2, 0.25) is 0 Å². The van der Waals surface area contributed by atoms with Crippen LogP contribution in [-0.4, -0.2) is 5.78 Å². The van der Waals surface area contributed by atoms with Gasteiger partial charge in [0, 0.05) is 27.8 Å². The molecule has 0 saturated heterocycles. The number of carbonyl (C=O) groups is 1. The highest BCUT2D eigenvalue weighted by molar-refractivity contribution is 6.35. The van der Waals surface area contributed by atoms with Gasteiger partial charge in [-0.25, -0.2) is 0 Å². The average Bonchev–Trinajstić information content (AvgIpc) is 2.36. The maximum Gasteiger partial charge on any atom is 0.159 e. The lowest BCUT2D eigenvalue weighted by molar-refractivity contribution is 0.101. The Morgan fingerprint density at radius 1 is 1.05 bits per heavy atom. The van der Waals surface area contributed by atoms with Crippen LogP contribution in [-0.2, 0) is 6.54 Å². The topological polar surface area (TPSA) is 29.1 Å². The molecule has 0 atom stereocenters. The van der Waals surface area contributed by atoms with Crippen molar-refractivity contribution >= 4 is 34.7 Å². The molecule has 0 aromatic heterocycles. The SMILES string of the molecule is CC(=O)c1ccc(CNc2cc(Cl)cc(Cl)c2)cc1. The number of anilines is 1. The van der Waals surface area contributed by atoms with Gasteiger partial charge >= 0.3 is 0 Å². The molecule has 0 aliphatic carbocycles. The molecule has 0 unspecified atom stereocenters. The van der Waals surface area contributed by atoms with Crippen LogP contribution in [0.3, 0.4) is 0 Å². The van der Waals surface area contributed by atoms with Gasteiger partial charge in [0.15, 0.2) is 5.78 Å². The standard InChI is InChI=1S/C15H13Cl2NO/c1-10(19)12-4-2-11(3-5-12)9-18-15-7-13(16)6-14(17)8-15/h2-8,18H,9H2,1H3. The molecule has 4 heteroatoms. The number of rotatable bonds is 4. The summed E-state index contributed by atoms with van der Waals surface area (Å²) in [6.45, 7) is 2.20. The first-order chi connectivity index (χ1) is 9.04. The predicted octanol–water partition coefficient (Wildman–Crippen LogP) is 4.81. The average molecular weight is 294 g/mol. The Kier molecular flexibility index (Phi) is 4.46. The molecule has 0 saturated carbocycles. The van der Waals surface area contributed by atoms with Crippen molar-refractivity contribution in [1.82, 2.24) is 0 Å². The van der Waals surface area contributed by atoms with Gasteiger partial charge in [0.1, 0.15) is 0 Å². The predicted molar refractivity (Wildman–Crippen MR) is 80.2 cm³/mol. The number of Topliss-reactive ketones (excluding diaryl/α,β-unsaturated/α-hetero) is 1. The molecule has 0 radical (unpaired) electrons. The van der Waals surface area contributed by atoms with Crippen molar-refractivity contribution in [3.63, 3.8) is 0 Å². The van der Waals surface area contributed by atoms with E-state index in [0.717, 1.165) is 16.8 Å². The Labute approximate surface area is 122 Å². The van der Waals surface area contributed by atoms with Crippen LogP contribution in [0.5, 0.6) is 0 Å². The molecule has 2 aromatic rings. The van der Waals surface area contributed by atoms with Crippen molar-refractivity contribution in [3.05, 3.63) is 63.6 Å². The van der Waals surface area contributed by atoms with E-state index >= 15 is 0 Å². The second-order valence-electron chi connectivity index (χ2n) is 4.26. The van der Waals surface area contributed by atoms with E-state index in [-0.39, 0.29) is 5.78 Å². The van der Waals surface area contributed by atoms with Crippen molar-refractivity contribution in [1.29, 1.82) is 0 Å². The van der Waals surface area contributed by atoms with E-state index in [1.165, 1.54) is 0 Å². The summed E-state index contributed by atoms with van der Waals surface area (Å²) in [7, 11) is 0. The fourth-order valence-corrected chi connectivity index (χ4v) is 2.24. The number of halogens is 2. The molecule has 0 amide bonds. The van der Waals surface area contributed by atoms with Gasteiger partial charge in [-0.3, -0.25) is 4.79 Å². The summed E-state index contributed by atoms with van der Waals surface area (Å²) in [5, 5.41) is 4.44. The molecule has 0 spiro atoms. The Bertz CT molecular complexity index is 573. The molecular formula is C15H13Cl2NO. The number of hydrogen-bond donors (Lipinski definition) is 1. The molecule has 0 aliphatic heterocycles. The van der Waals surface area contributed by atoms with Crippen molar-refractivity contribution < 1.29 is 4.79 Å². The molecule has 0 aliphatic rings. The highest BCUT2D eigenvalue weighted by Crippen LogP contribution is 2.22. The summed E-state index contributed by atoms with van der Waals surface area (Å²) in [6.07, 6.45) is 0. The van der Waals surface area contributed by atoms with Gasteiger partial charge in [-0.1, -0.05) is 47.5 Å². The number of hydrogen-bond acceptors (Lipinski definition) is 2. The third-order valence-corrected chi connectivity index (χ3v) is 3.16. The lowest BCUT2D eigenvalue weighted by Gasteiger charge is -2.08. The minimum atomic E-state index is 0.0705. The minimum absolute atomic E-state index is 0.0705. The van der Waals surface area contributed by atoms with E-state index < -0.39 is 0 Å². The van der Waals surface area contributed by atoms with Crippen molar-refractivity contribution in [2.45, 2.75) is 13.5 Å². The van der Waals surface area contributed by atoms with Gasteiger partial charge in [-0.05, 0) is 30.7 Å². The number of carbonyl (C=O) groups excluding carboxylic acids is 1. The van der Waals surface area contributed by atoms with Gasteiger partial charge in [-0.2, -0.15) is 0 Å². The zero-order valence-electron chi connectivity index (χ0n) is 10.4. The van der Waals surface area contributed by atoms with Gasteiger partial charge in [0.25, 0.3) is 0 Å². The largest absolute Gasteiger partial charge is 0.381 e. The van der Waals surface area contributed by atoms with Crippen LogP contribution in [0.2, 0.25) is 10.0 Å². The molecule has 0 heterocycles. The Morgan fingerprint density at radius 3 is 2.16 bits per heavy atom. The van der Waals surface area contributed by atoms with E-state index in [4.69, 9.17) is 23.2 Å². The fourth-order valence-electron chi connectivity index (χ4n) is 1.72. The molecule has 98 valence electrons. The van der Waals surface area contributed by atoms with Crippen molar-refractivity contribution in [2.75, 3.05) is 5.32 Å². The lowest BCUT2D eigenvalue weighted by atomic mass is 10.1. The summed E-state index contributed by atoms with van der Waals surface area (Å²) in [6, 6.07) is 12.8. The summed E-state index contributed by atoms with van der Waals surface area (Å²) in [5.41, 5.74) is 2.67. The first-order valence-electron chi connectivity index (χ1n) is 5.84. The highest BCUT2D eigenvalue weighted by atomic mass is 35.5. The molecule has 2 aromatic carbocycles. The Balaban J connectivity index is 2.03. The number of nitrogens with one attached hydrogen (secondary N) is 1. The normalized spacial score (nSPS) is 10.3. The van der Waals surface area contributed by atoms with Crippen molar-refractivity contribution in [3.8, 4) is 0 Å². The van der Waals surface area contributed by atoms with Crippen LogP contribution in [0, 0.1) is 0 Å². The van der Waals surface area contributed by atoms with Crippen LogP contribution in [0.4, 0.5) is 5.69 Å². The first-order valence-corrected chi connectivity index (χ1v) is 6.60. The second kappa shape index (κ2) is 6.09. The van der Waals surface area contributed by atoms with Crippen molar-refractivity contribution in [2.24, 2.45) is 0 Å². The van der Waals surface area contributed by atoms with Crippen LogP contribution in [0.15, 0.2) is 42.5 Å². The molecule has 0 fully saturated rings. The van der Waals surface area contributed by atoms with Crippen LogP contribution < -0.4 is 5.32 Å². The second-order valence-corrected chi connectivity index (χ2v) is 5.14. The highest BCUT2D eigenvalue weighted by Gasteiger charge is 2.00. The van der Waals surface area contributed by atoms with E-state index in [1.807, 2.05) is 36.4 Å². The van der Waals surface area contributed by atoms with E-state index in [9.17, 15) is 4.79 Å². The summed E-state index contributed by atoms with van der Waals surface area (Å²) < 4.78 is 0. The van der Waals surface area contributed by atoms with Gasteiger partial charge < -0.3 is 5.32 Å². The molecule has 1 N–H and O–H groups in total. The Hall–Kier alpha value is -1.51. The van der Waals surface area contributed by atoms with Crippen LogP contribution >= 0.6 is 23.2 Å². The van der Waals surface area contributed by atoms with E-state index in [0.29, 0.717) is 16.6 Å². The smallest absolute Gasteiger partial charge is 0.159 e. The zero-order chi connectivity index (χ0) is 13.8. The van der Waals surface area contributed by atoms with E-state index in [1.54, 1.807) is 13.0 Å². The van der Waals surface area contributed by atoms with E-state index in [2.05, 4.69) is 5.32 Å². The lowest BCUT2D eigenvalue weighted by Crippen LogP contribution is -2.00.